The van der Waals surface area contributed by atoms with Crippen molar-refractivity contribution in [3.05, 3.63) is 29.3 Å². The first kappa shape index (κ1) is 10.4. The van der Waals surface area contributed by atoms with E-state index in [0.29, 0.717) is 0 Å². The third kappa shape index (κ3) is 1.81. The van der Waals surface area contributed by atoms with E-state index in [0.717, 1.165) is 12.1 Å². The number of carbonyl (C=O) groups is 1. The lowest BCUT2D eigenvalue weighted by Crippen LogP contribution is -2.14. The summed E-state index contributed by atoms with van der Waals surface area (Å²) >= 11 is 0. The van der Waals surface area contributed by atoms with Gasteiger partial charge >= 0.3 is 0 Å². The molecule has 1 aromatic carbocycles. The van der Waals surface area contributed by atoms with Crippen LogP contribution in [0.15, 0.2) is 12.1 Å². The molecular weight excluding hydrogens is 192 g/mol. The average molecular weight is 201 g/mol. The first-order valence-corrected chi connectivity index (χ1v) is 3.98. The summed E-state index contributed by atoms with van der Waals surface area (Å²) in [7, 11) is 0. The van der Waals surface area contributed by atoms with Gasteiger partial charge in [-0.1, -0.05) is 0 Å². The zero-order chi connectivity index (χ0) is 10.7. The van der Waals surface area contributed by atoms with Gasteiger partial charge in [0.2, 0.25) is 0 Å². The van der Waals surface area contributed by atoms with Gasteiger partial charge in [-0.05, 0) is 19.1 Å². The predicted molar refractivity (Wildman–Crippen MR) is 46.0 cm³/mol. The molecular formula is C9H9F2NO2. The molecule has 14 heavy (non-hydrogen) atoms. The fourth-order valence-electron chi connectivity index (χ4n) is 0.999. The van der Waals surface area contributed by atoms with Gasteiger partial charge < -0.3 is 10.5 Å². The topological polar surface area (TPSA) is 52.3 Å². The van der Waals surface area contributed by atoms with Crippen molar-refractivity contribution < 1.29 is 18.3 Å². The molecule has 1 aromatic rings. The van der Waals surface area contributed by atoms with Gasteiger partial charge in [0.1, 0.15) is 0 Å². The molecule has 0 fully saturated rings. The zero-order valence-corrected chi connectivity index (χ0v) is 7.51. The van der Waals surface area contributed by atoms with Crippen molar-refractivity contribution in [3.63, 3.8) is 0 Å². The molecule has 0 aliphatic carbocycles. The lowest BCUT2D eigenvalue weighted by molar-refractivity contribution is 0.0995. The normalized spacial score (nSPS) is 9.93. The zero-order valence-electron chi connectivity index (χ0n) is 7.51. The van der Waals surface area contributed by atoms with Crippen molar-refractivity contribution in [3.8, 4) is 5.75 Å². The van der Waals surface area contributed by atoms with E-state index >= 15 is 0 Å². The number of ether oxygens (including phenoxy) is 1. The molecule has 0 heterocycles. The van der Waals surface area contributed by atoms with Crippen molar-refractivity contribution in [2.75, 3.05) is 6.61 Å². The maximum absolute atomic E-state index is 13.3. The van der Waals surface area contributed by atoms with E-state index in [9.17, 15) is 13.6 Å². The van der Waals surface area contributed by atoms with Crippen LogP contribution in [0.2, 0.25) is 0 Å². The van der Waals surface area contributed by atoms with E-state index < -0.39 is 23.3 Å². The third-order valence-corrected chi connectivity index (χ3v) is 1.60. The number of hydrogen-bond acceptors (Lipinski definition) is 2. The van der Waals surface area contributed by atoms with Gasteiger partial charge in [-0.2, -0.15) is 0 Å². The summed E-state index contributed by atoms with van der Waals surface area (Å²) in [6, 6.07) is 1.92. The number of carbonyl (C=O) groups excluding carboxylic acids is 1. The van der Waals surface area contributed by atoms with Gasteiger partial charge in [0.15, 0.2) is 17.4 Å². The molecule has 0 saturated heterocycles. The van der Waals surface area contributed by atoms with Gasteiger partial charge in [-0.3, -0.25) is 4.79 Å². The van der Waals surface area contributed by atoms with Gasteiger partial charge in [-0.25, -0.2) is 8.78 Å². The van der Waals surface area contributed by atoms with E-state index in [1.54, 1.807) is 6.92 Å². The second kappa shape index (κ2) is 4.04. The first-order chi connectivity index (χ1) is 6.57. The second-order valence-corrected chi connectivity index (χ2v) is 2.54. The first-order valence-electron chi connectivity index (χ1n) is 3.98. The standard InChI is InChI=1S/C9H9F2NO2/c1-2-14-8-6(10)4-3-5(7(8)11)9(12)13/h3-4H,2H2,1H3,(H2,12,13). The molecule has 0 saturated carbocycles. The van der Waals surface area contributed by atoms with Crippen LogP contribution in [0.1, 0.15) is 17.3 Å². The predicted octanol–water partition coefficient (Wildman–Crippen LogP) is 1.46. The molecule has 3 nitrogen and oxygen atoms in total. The molecule has 0 spiro atoms. The average Bonchev–Trinajstić information content (AvgIpc) is 2.11. The summed E-state index contributed by atoms with van der Waals surface area (Å²) in [5, 5.41) is 0. The number of nitrogens with two attached hydrogens (primary N) is 1. The molecule has 0 unspecified atom stereocenters. The number of benzene rings is 1. The van der Waals surface area contributed by atoms with Crippen LogP contribution in [-0.4, -0.2) is 12.5 Å². The number of halogens is 2. The summed E-state index contributed by atoms with van der Waals surface area (Å²) in [4.78, 5) is 10.7. The van der Waals surface area contributed by atoms with Crippen LogP contribution in [0, 0.1) is 11.6 Å². The highest BCUT2D eigenvalue weighted by Gasteiger charge is 2.17. The Kier molecular flexibility index (Phi) is 3.01. The Morgan fingerprint density at radius 3 is 2.64 bits per heavy atom. The highest BCUT2D eigenvalue weighted by molar-refractivity contribution is 5.93. The third-order valence-electron chi connectivity index (χ3n) is 1.60. The molecule has 0 radical (unpaired) electrons. The minimum Gasteiger partial charge on any atom is -0.488 e. The molecule has 0 bridgehead atoms. The van der Waals surface area contributed by atoms with Crippen LogP contribution in [0.5, 0.6) is 5.75 Å². The van der Waals surface area contributed by atoms with Crippen LogP contribution in [0.25, 0.3) is 0 Å². The molecule has 5 heteroatoms. The van der Waals surface area contributed by atoms with E-state index in [1.807, 2.05) is 0 Å². The smallest absolute Gasteiger partial charge is 0.251 e. The Balaban J connectivity index is 3.26. The van der Waals surface area contributed by atoms with Gasteiger partial charge in [0.25, 0.3) is 5.91 Å². The number of primary amides is 1. The summed E-state index contributed by atoms with van der Waals surface area (Å²) in [5.41, 5.74) is 4.49. The highest BCUT2D eigenvalue weighted by Crippen LogP contribution is 2.24. The van der Waals surface area contributed by atoms with Crippen LogP contribution in [0.3, 0.4) is 0 Å². The van der Waals surface area contributed by atoms with Gasteiger partial charge in [0, 0.05) is 0 Å². The van der Waals surface area contributed by atoms with Crippen LogP contribution >= 0.6 is 0 Å². The number of hydrogen-bond donors (Lipinski definition) is 1. The largest absolute Gasteiger partial charge is 0.488 e. The maximum atomic E-state index is 13.3. The summed E-state index contributed by atoms with van der Waals surface area (Å²) in [6.07, 6.45) is 0. The second-order valence-electron chi connectivity index (χ2n) is 2.54. The van der Waals surface area contributed by atoms with E-state index in [4.69, 9.17) is 10.5 Å². The molecule has 0 atom stereocenters. The van der Waals surface area contributed by atoms with E-state index in [1.165, 1.54) is 0 Å². The highest BCUT2D eigenvalue weighted by atomic mass is 19.1. The molecule has 76 valence electrons. The fourth-order valence-corrected chi connectivity index (χ4v) is 0.999. The Bertz CT molecular complexity index is 366. The molecule has 1 amide bonds. The van der Waals surface area contributed by atoms with E-state index in [2.05, 4.69) is 0 Å². The monoisotopic (exact) mass is 201 g/mol. The Morgan fingerprint density at radius 1 is 1.50 bits per heavy atom. The quantitative estimate of drug-likeness (QED) is 0.804. The van der Waals surface area contributed by atoms with Crippen LogP contribution in [-0.2, 0) is 0 Å². The van der Waals surface area contributed by atoms with Crippen molar-refractivity contribution in [1.82, 2.24) is 0 Å². The van der Waals surface area contributed by atoms with Crippen molar-refractivity contribution in [2.45, 2.75) is 6.92 Å². The molecule has 0 aromatic heterocycles. The van der Waals surface area contributed by atoms with Gasteiger partial charge in [0.05, 0.1) is 12.2 Å². The van der Waals surface area contributed by atoms with Crippen molar-refractivity contribution in [2.24, 2.45) is 5.73 Å². The lowest BCUT2D eigenvalue weighted by Gasteiger charge is -2.07. The summed E-state index contributed by atoms with van der Waals surface area (Å²) in [6.45, 7) is 1.69. The molecule has 0 aliphatic heterocycles. The minimum atomic E-state index is -1.06. The number of amides is 1. The van der Waals surface area contributed by atoms with Crippen LogP contribution in [0.4, 0.5) is 8.78 Å². The summed E-state index contributed by atoms with van der Waals surface area (Å²) < 4.78 is 31.0. The van der Waals surface area contributed by atoms with Crippen LogP contribution < -0.4 is 10.5 Å². The molecule has 2 N–H and O–H groups in total. The Labute approximate surface area is 79.5 Å². The maximum Gasteiger partial charge on any atom is 0.251 e. The Morgan fingerprint density at radius 2 is 2.14 bits per heavy atom. The Hall–Kier alpha value is -1.65. The van der Waals surface area contributed by atoms with Crippen molar-refractivity contribution in [1.29, 1.82) is 0 Å². The molecule has 0 aliphatic rings. The van der Waals surface area contributed by atoms with Gasteiger partial charge in [-0.15, -0.1) is 0 Å². The SMILES string of the molecule is CCOc1c(F)ccc(C(N)=O)c1F. The lowest BCUT2D eigenvalue weighted by atomic mass is 10.2. The summed E-state index contributed by atoms with van der Waals surface area (Å²) in [5.74, 6) is -3.43. The number of rotatable bonds is 3. The minimum absolute atomic E-state index is 0.107. The fraction of sp³-hybridized carbons (Fsp3) is 0.222. The van der Waals surface area contributed by atoms with E-state index in [-0.39, 0.29) is 12.2 Å². The van der Waals surface area contributed by atoms with Crippen molar-refractivity contribution >= 4 is 5.91 Å². The molecule has 1 rings (SSSR count).